The Morgan fingerprint density at radius 2 is 1.69 bits per heavy atom. The van der Waals surface area contributed by atoms with Crippen LogP contribution in [0.3, 0.4) is 0 Å². The van der Waals surface area contributed by atoms with E-state index in [2.05, 4.69) is 39.8 Å². The van der Waals surface area contributed by atoms with Crippen molar-refractivity contribution in [2.45, 2.75) is 39.5 Å². The molecule has 3 nitrogen and oxygen atoms in total. The lowest BCUT2D eigenvalue weighted by molar-refractivity contribution is -0.104. The number of benzene rings is 1. The molecule has 0 aliphatic heterocycles. The van der Waals surface area contributed by atoms with Gasteiger partial charge < -0.3 is 0 Å². The minimum absolute atomic E-state index is 0.237. The highest BCUT2D eigenvalue weighted by Gasteiger charge is 2.20. The van der Waals surface area contributed by atoms with Crippen LogP contribution in [-0.2, 0) is 4.79 Å². The van der Waals surface area contributed by atoms with E-state index in [0.717, 1.165) is 39.9 Å². The van der Waals surface area contributed by atoms with Crippen LogP contribution in [0, 0.1) is 5.82 Å². The largest absolute Gasteiger partial charge is 0.299 e. The van der Waals surface area contributed by atoms with Crippen LogP contribution in [0.2, 0.25) is 0 Å². The van der Waals surface area contributed by atoms with Gasteiger partial charge in [0.1, 0.15) is 12.1 Å². The van der Waals surface area contributed by atoms with Crippen LogP contribution < -0.4 is 0 Å². The van der Waals surface area contributed by atoms with Crippen LogP contribution in [0.15, 0.2) is 42.5 Å². The van der Waals surface area contributed by atoms with E-state index in [1.165, 1.54) is 18.2 Å². The fourth-order valence-electron chi connectivity index (χ4n) is 3.35. The predicted molar refractivity (Wildman–Crippen MR) is 104 cm³/mol. The quantitative estimate of drug-likeness (QED) is 0.443. The Balaban J connectivity index is 2.42. The molecule has 0 saturated heterocycles. The van der Waals surface area contributed by atoms with E-state index in [9.17, 15) is 9.18 Å². The maximum Gasteiger partial charge on any atom is 0.142 e. The van der Waals surface area contributed by atoms with Gasteiger partial charge >= 0.3 is 0 Å². The van der Waals surface area contributed by atoms with Crippen molar-refractivity contribution in [3.05, 3.63) is 65.1 Å². The van der Waals surface area contributed by atoms with Gasteiger partial charge in [-0.15, -0.1) is 0 Å². The lowest BCUT2D eigenvalue weighted by Crippen LogP contribution is -2.08. The summed E-state index contributed by atoms with van der Waals surface area (Å²) in [6, 6.07) is 10.5. The summed E-state index contributed by atoms with van der Waals surface area (Å²) < 4.78 is 15.4. The zero-order valence-electron chi connectivity index (χ0n) is 15.5. The van der Waals surface area contributed by atoms with Crippen molar-refractivity contribution in [3.8, 4) is 11.3 Å². The summed E-state index contributed by atoms with van der Waals surface area (Å²) in [5, 5.41) is 4.88. The van der Waals surface area contributed by atoms with Gasteiger partial charge in [-0.3, -0.25) is 4.79 Å². The van der Waals surface area contributed by atoms with E-state index < -0.39 is 0 Å². The van der Waals surface area contributed by atoms with Gasteiger partial charge in [-0.2, -0.15) is 5.10 Å². The molecule has 1 aromatic carbocycles. The van der Waals surface area contributed by atoms with Gasteiger partial charge in [0.2, 0.25) is 0 Å². The molecule has 0 aliphatic carbocycles. The molecule has 0 saturated carbocycles. The Kier molecular flexibility index (Phi) is 5.03. The number of hydrogen-bond donors (Lipinski definition) is 0. The van der Waals surface area contributed by atoms with Gasteiger partial charge in [-0.1, -0.05) is 27.7 Å². The van der Waals surface area contributed by atoms with Crippen molar-refractivity contribution >= 4 is 17.9 Å². The van der Waals surface area contributed by atoms with Crippen molar-refractivity contribution in [1.82, 2.24) is 9.61 Å². The lowest BCUT2D eigenvalue weighted by atomic mass is 9.93. The van der Waals surface area contributed by atoms with Crippen molar-refractivity contribution in [1.29, 1.82) is 0 Å². The Hall–Kier alpha value is -2.75. The molecule has 26 heavy (non-hydrogen) atoms. The third kappa shape index (κ3) is 3.19. The standard InChI is InChI=1S/C22H23FN2O/c1-14(2)19-11-12-20-21(15(3)4)18(6-5-13-26)22(24-25(19)20)16-7-9-17(23)10-8-16/h5-15H,1-4H3/b6-5+. The molecule has 0 spiro atoms. The van der Waals surface area contributed by atoms with E-state index in [4.69, 9.17) is 5.10 Å². The summed E-state index contributed by atoms with van der Waals surface area (Å²) >= 11 is 0. The van der Waals surface area contributed by atoms with E-state index >= 15 is 0 Å². The fraction of sp³-hybridized carbons (Fsp3) is 0.273. The average molecular weight is 350 g/mol. The summed E-state index contributed by atoms with van der Waals surface area (Å²) in [4.78, 5) is 10.9. The Labute approximate surface area is 153 Å². The van der Waals surface area contributed by atoms with Crippen LogP contribution in [-0.4, -0.2) is 15.9 Å². The molecular weight excluding hydrogens is 327 g/mol. The molecule has 0 fully saturated rings. The Bertz CT molecular complexity index is 966. The van der Waals surface area contributed by atoms with Gasteiger partial charge in [0.05, 0.1) is 11.2 Å². The highest BCUT2D eigenvalue weighted by Crippen LogP contribution is 2.34. The molecule has 0 unspecified atom stereocenters. The molecule has 0 bridgehead atoms. The normalized spacial score (nSPS) is 12.0. The molecule has 0 radical (unpaired) electrons. The summed E-state index contributed by atoms with van der Waals surface area (Å²) in [5.41, 5.74) is 5.77. The molecule has 0 amide bonds. The number of aldehydes is 1. The summed E-state index contributed by atoms with van der Waals surface area (Å²) in [7, 11) is 0. The zero-order valence-corrected chi connectivity index (χ0v) is 15.5. The maximum absolute atomic E-state index is 13.4. The molecule has 0 atom stereocenters. The van der Waals surface area contributed by atoms with E-state index in [-0.39, 0.29) is 11.7 Å². The van der Waals surface area contributed by atoms with Gasteiger partial charge in [0.15, 0.2) is 0 Å². The lowest BCUT2D eigenvalue weighted by Gasteiger charge is -2.18. The number of allylic oxidation sites excluding steroid dienone is 1. The van der Waals surface area contributed by atoms with Gasteiger partial charge in [-0.05, 0) is 65.9 Å². The summed E-state index contributed by atoms with van der Waals surface area (Å²) in [5.74, 6) is 0.274. The van der Waals surface area contributed by atoms with Gasteiger partial charge in [0.25, 0.3) is 0 Å². The number of rotatable bonds is 5. The van der Waals surface area contributed by atoms with Crippen molar-refractivity contribution in [2.24, 2.45) is 0 Å². The molecule has 4 heteroatoms. The minimum Gasteiger partial charge on any atom is -0.299 e. The number of carbonyl (C=O) groups is 1. The molecule has 0 aliphatic rings. The molecule has 3 aromatic rings. The third-order valence-electron chi connectivity index (χ3n) is 4.53. The SMILES string of the molecule is CC(C)c1c(/C=C/C=O)c(-c2ccc(F)cc2)nn2c(C(C)C)ccc12. The number of halogens is 1. The summed E-state index contributed by atoms with van der Waals surface area (Å²) in [6.07, 6.45) is 4.05. The van der Waals surface area contributed by atoms with Crippen molar-refractivity contribution in [2.75, 3.05) is 0 Å². The first-order chi connectivity index (χ1) is 12.4. The van der Waals surface area contributed by atoms with E-state index in [0.29, 0.717) is 5.92 Å². The molecular formula is C22H23FN2O. The fourth-order valence-corrected chi connectivity index (χ4v) is 3.35. The minimum atomic E-state index is -0.285. The van der Waals surface area contributed by atoms with Crippen molar-refractivity contribution in [3.63, 3.8) is 0 Å². The number of hydrogen-bond acceptors (Lipinski definition) is 2. The number of nitrogens with zero attached hydrogens (tertiary/aromatic N) is 2. The van der Waals surface area contributed by atoms with E-state index in [1.807, 2.05) is 4.52 Å². The second kappa shape index (κ2) is 7.24. The average Bonchev–Trinajstić information content (AvgIpc) is 3.02. The number of fused-ring (bicyclic) bond motifs is 1. The van der Waals surface area contributed by atoms with Crippen LogP contribution >= 0.6 is 0 Å². The Morgan fingerprint density at radius 1 is 1.00 bits per heavy atom. The predicted octanol–water partition coefficient (Wildman–Crippen LogP) is 5.60. The van der Waals surface area contributed by atoms with Gasteiger partial charge in [0, 0.05) is 16.8 Å². The number of carbonyl (C=O) groups excluding carboxylic acids is 1. The smallest absolute Gasteiger partial charge is 0.142 e. The third-order valence-corrected chi connectivity index (χ3v) is 4.53. The zero-order chi connectivity index (χ0) is 18.8. The molecule has 0 N–H and O–H groups in total. The second-order valence-corrected chi connectivity index (χ2v) is 7.04. The molecule has 2 aromatic heterocycles. The van der Waals surface area contributed by atoms with Crippen molar-refractivity contribution < 1.29 is 9.18 Å². The first-order valence-electron chi connectivity index (χ1n) is 8.87. The van der Waals surface area contributed by atoms with E-state index in [1.54, 1.807) is 18.2 Å². The van der Waals surface area contributed by atoms with Crippen LogP contribution in [0.1, 0.15) is 56.4 Å². The highest BCUT2D eigenvalue weighted by molar-refractivity contribution is 5.84. The Morgan fingerprint density at radius 3 is 2.27 bits per heavy atom. The first-order valence-corrected chi connectivity index (χ1v) is 8.87. The summed E-state index contributed by atoms with van der Waals surface area (Å²) in [6.45, 7) is 8.53. The number of aromatic nitrogens is 2. The molecule has 3 rings (SSSR count). The topological polar surface area (TPSA) is 34.4 Å². The highest BCUT2D eigenvalue weighted by atomic mass is 19.1. The van der Waals surface area contributed by atoms with Gasteiger partial charge in [-0.25, -0.2) is 8.91 Å². The van der Waals surface area contributed by atoms with Crippen LogP contribution in [0.25, 0.3) is 22.9 Å². The maximum atomic E-state index is 13.4. The molecule has 2 heterocycles. The monoisotopic (exact) mass is 350 g/mol. The molecule has 134 valence electrons. The van der Waals surface area contributed by atoms with Crippen LogP contribution in [0.5, 0.6) is 0 Å². The van der Waals surface area contributed by atoms with Crippen LogP contribution in [0.4, 0.5) is 4.39 Å². The first kappa shape index (κ1) is 18.1. The second-order valence-electron chi connectivity index (χ2n) is 7.04.